The van der Waals surface area contributed by atoms with Gasteiger partial charge in [-0.3, -0.25) is 4.40 Å². The molecule has 0 atom stereocenters. The van der Waals surface area contributed by atoms with Crippen molar-refractivity contribution in [1.82, 2.24) is 14.6 Å². The van der Waals surface area contributed by atoms with Crippen LogP contribution in [0.3, 0.4) is 0 Å². The van der Waals surface area contributed by atoms with Gasteiger partial charge in [-0.2, -0.15) is 0 Å². The fourth-order valence-corrected chi connectivity index (χ4v) is 2.02. The third-order valence-corrected chi connectivity index (χ3v) is 2.99. The maximum atomic E-state index is 5.73. The highest BCUT2D eigenvalue weighted by molar-refractivity contribution is 5.66. The van der Waals surface area contributed by atoms with E-state index < -0.39 is 0 Å². The third-order valence-electron chi connectivity index (χ3n) is 2.99. The van der Waals surface area contributed by atoms with Crippen LogP contribution in [-0.4, -0.2) is 14.6 Å². The van der Waals surface area contributed by atoms with E-state index in [-0.39, 0.29) is 0 Å². The summed E-state index contributed by atoms with van der Waals surface area (Å²) in [6.07, 6.45) is 6.93. The number of nitrogens with zero attached hydrogens (tertiary/aromatic N) is 3. The van der Waals surface area contributed by atoms with Gasteiger partial charge < -0.3 is 5.73 Å². The largest absolute Gasteiger partial charge is 0.368 e. The summed E-state index contributed by atoms with van der Waals surface area (Å²) in [4.78, 5) is 0. The van der Waals surface area contributed by atoms with Crippen molar-refractivity contribution in [2.24, 2.45) is 0 Å². The monoisotopic (exact) mass is 250 g/mol. The summed E-state index contributed by atoms with van der Waals surface area (Å²) in [5, 5.41) is 7.96. The van der Waals surface area contributed by atoms with Gasteiger partial charge in [0.05, 0.1) is 0 Å². The van der Waals surface area contributed by atoms with Crippen LogP contribution in [0.1, 0.15) is 11.1 Å². The van der Waals surface area contributed by atoms with E-state index >= 15 is 0 Å². The Kier molecular flexibility index (Phi) is 2.98. The summed E-state index contributed by atoms with van der Waals surface area (Å²) in [5.41, 5.74) is 8.81. The van der Waals surface area contributed by atoms with Gasteiger partial charge in [-0.1, -0.05) is 42.5 Å². The predicted octanol–water partition coefficient (Wildman–Crippen LogP) is 2.57. The van der Waals surface area contributed by atoms with Gasteiger partial charge in [-0.25, -0.2) is 0 Å². The molecule has 0 amide bonds. The minimum atomic E-state index is 0.410. The molecule has 3 rings (SSSR count). The molecule has 0 fully saturated rings. The van der Waals surface area contributed by atoms with E-state index in [0.717, 1.165) is 17.6 Å². The van der Waals surface area contributed by atoms with Gasteiger partial charge in [0.2, 0.25) is 5.95 Å². The highest BCUT2D eigenvalue weighted by Crippen LogP contribution is 2.13. The third kappa shape index (κ3) is 2.33. The fraction of sp³-hybridized carbons (Fsp3) is 0.0667. The maximum absolute atomic E-state index is 5.73. The predicted molar refractivity (Wildman–Crippen MR) is 76.6 cm³/mol. The first-order valence-corrected chi connectivity index (χ1v) is 6.14. The minimum absolute atomic E-state index is 0.410. The van der Waals surface area contributed by atoms with E-state index in [0.29, 0.717) is 5.95 Å². The van der Waals surface area contributed by atoms with Crippen LogP contribution in [0.5, 0.6) is 0 Å². The van der Waals surface area contributed by atoms with Crippen molar-refractivity contribution >= 4 is 17.7 Å². The number of rotatable bonds is 3. The molecule has 0 aliphatic rings. The molecule has 0 aliphatic carbocycles. The fourth-order valence-electron chi connectivity index (χ4n) is 2.02. The maximum Gasteiger partial charge on any atom is 0.226 e. The Morgan fingerprint density at radius 3 is 2.74 bits per heavy atom. The number of hydrogen-bond acceptors (Lipinski definition) is 3. The molecule has 4 heteroatoms. The SMILES string of the molecule is Nc1nnc2c(/C=C/Cc3ccccc3)cccn12. The minimum Gasteiger partial charge on any atom is -0.368 e. The van der Waals surface area contributed by atoms with Crippen molar-refractivity contribution in [3.05, 3.63) is 65.9 Å². The Balaban J connectivity index is 1.85. The topological polar surface area (TPSA) is 56.2 Å². The van der Waals surface area contributed by atoms with Crippen LogP contribution in [0, 0.1) is 0 Å². The van der Waals surface area contributed by atoms with Gasteiger partial charge in [0.15, 0.2) is 5.65 Å². The van der Waals surface area contributed by atoms with Gasteiger partial charge >= 0.3 is 0 Å². The Morgan fingerprint density at radius 2 is 1.89 bits per heavy atom. The summed E-state index contributed by atoms with van der Waals surface area (Å²) < 4.78 is 1.78. The number of benzene rings is 1. The standard InChI is InChI=1S/C15H14N4/c16-15-18-17-14-13(10-5-11-19(14)15)9-4-8-12-6-2-1-3-7-12/h1-7,9-11H,8H2,(H2,16,18)/b9-4+. The van der Waals surface area contributed by atoms with Crippen LogP contribution in [0.2, 0.25) is 0 Å². The highest BCUT2D eigenvalue weighted by Gasteiger charge is 2.03. The Hall–Kier alpha value is -2.62. The summed E-state index contributed by atoms with van der Waals surface area (Å²) in [5.74, 6) is 0.410. The first-order valence-electron chi connectivity index (χ1n) is 6.14. The number of hydrogen-bond donors (Lipinski definition) is 1. The average molecular weight is 250 g/mol. The normalized spacial score (nSPS) is 11.4. The molecule has 0 saturated heterocycles. The molecule has 1 aromatic carbocycles. The van der Waals surface area contributed by atoms with E-state index in [1.54, 1.807) is 4.40 Å². The van der Waals surface area contributed by atoms with Gasteiger partial charge in [-0.05, 0) is 24.1 Å². The van der Waals surface area contributed by atoms with Gasteiger partial charge in [-0.15, -0.1) is 10.2 Å². The molecular formula is C15H14N4. The molecule has 0 saturated carbocycles. The van der Waals surface area contributed by atoms with E-state index in [4.69, 9.17) is 5.73 Å². The number of nitrogens with two attached hydrogens (primary N) is 1. The second kappa shape index (κ2) is 4.94. The van der Waals surface area contributed by atoms with Gasteiger partial charge in [0.1, 0.15) is 0 Å². The lowest BCUT2D eigenvalue weighted by Crippen LogP contribution is -1.93. The van der Waals surface area contributed by atoms with Gasteiger partial charge in [0.25, 0.3) is 0 Å². The average Bonchev–Trinajstić information content (AvgIpc) is 2.83. The summed E-state index contributed by atoms with van der Waals surface area (Å²) in [6, 6.07) is 14.3. The van der Waals surface area contributed by atoms with E-state index in [2.05, 4.69) is 34.5 Å². The number of nitrogen functional groups attached to an aromatic ring is 1. The molecule has 2 aromatic heterocycles. The van der Waals surface area contributed by atoms with Gasteiger partial charge in [0, 0.05) is 11.8 Å². The lowest BCUT2D eigenvalue weighted by Gasteiger charge is -1.98. The first kappa shape index (κ1) is 11.5. The molecule has 3 aromatic rings. The zero-order valence-corrected chi connectivity index (χ0v) is 10.4. The number of fused-ring (bicyclic) bond motifs is 1. The van der Waals surface area contributed by atoms with Crippen LogP contribution >= 0.6 is 0 Å². The molecule has 4 nitrogen and oxygen atoms in total. The lowest BCUT2D eigenvalue weighted by molar-refractivity contribution is 1.12. The van der Waals surface area contributed by atoms with Crippen LogP contribution in [0.4, 0.5) is 5.95 Å². The van der Waals surface area contributed by atoms with Crippen LogP contribution in [0.25, 0.3) is 11.7 Å². The molecule has 0 radical (unpaired) electrons. The van der Waals surface area contributed by atoms with Crippen molar-refractivity contribution in [1.29, 1.82) is 0 Å². The summed E-state index contributed by atoms with van der Waals surface area (Å²) in [6.45, 7) is 0. The molecule has 0 unspecified atom stereocenters. The molecule has 2 N–H and O–H groups in total. The van der Waals surface area contributed by atoms with E-state index in [1.165, 1.54) is 5.56 Å². The summed E-state index contributed by atoms with van der Waals surface area (Å²) >= 11 is 0. The Bertz CT molecular complexity index is 713. The summed E-state index contributed by atoms with van der Waals surface area (Å²) in [7, 11) is 0. The number of anilines is 1. The molecule has 94 valence electrons. The smallest absolute Gasteiger partial charge is 0.226 e. The zero-order chi connectivity index (χ0) is 13.1. The zero-order valence-electron chi connectivity index (χ0n) is 10.4. The number of allylic oxidation sites excluding steroid dienone is 1. The van der Waals surface area contributed by atoms with Crippen LogP contribution in [0.15, 0.2) is 54.7 Å². The molecular weight excluding hydrogens is 236 g/mol. The second-order valence-electron chi connectivity index (χ2n) is 4.31. The van der Waals surface area contributed by atoms with Crippen molar-refractivity contribution < 1.29 is 0 Å². The van der Waals surface area contributed by atoms with Crippen molar-refractivity contribution in [2.75, 3.05) is 5.73 Å². The molecule has 19 heavy (non-hydrogen) atoms. The lowest BCUT2D eigenvalue weighted by atomic mass is 10.1. The van der Waals surface area contributed by atoms with Crippen LogP contribution < -0.4 is 5.73 Å². The van der Waals surface area contributed by atoms with Crippen LogP contribution in [-0.2, 0) is 6.42 Å². The Labute approximate surface area is 111 Å². The second-order valence-corrected chi connectivity index (χ2v) is 4.31. The van der Waals surface area contributed by atoms with Crippen molar-refractivity contribution in [3.63, 3.8) is 0 Å². The highest BCUT2D eigenvalue weighted by atomic mass is 15.3. The number of pyridine rings is 1. The molecule has 0 spiro atoms. The van der Waals surface area contributed by atoms with E-state index in [9.17, 15) is 0 Å². The molecule has 0 bridgehead atoms. The molecule has 0 aliphatic heterocycles. The molecule has 2 heterocycles. The first-order chi connectivity index (χ1) is 9.34. The van der Waals surface area contributed by atoms with Crippen molar-refractivity contribution in [2.45, 2.75) is 6.42 Å². The number of aromatic nitrogens is 3. The Morgan fingerprint density at radius 1 is 1.05 bits per heavy atom. The quantitative estimate of drug-likeness (QED) is 0.777. The van der Waals surface area contributed by atoms with Crippen molar-refractivity contribution in [3.8, 4) is 0 Å². The van der Waals surface area contributed by atoms with E-state index in [1.807, 2.05) is 36.5 Å².